The number of nitrogens with two attached hydrogens (primary N) is 4. The van der Waals surface area contributed by atoms with Crippen molar-refractivity contribution in [3.63, 3.8) is 0 Å². The summed E-state index contributed by atoms with van der Waals surface area (Å²) in [5.74, 6) is -6.49. The predicted molar refractivity (Wildman–Crippen MR) is 109 cm³/mol. The highest BCUT2D eigenvalue weighted by molar-refractivity contribution is 5.97. The molecule has 15 heteroatoms. The fourth-order valence-electron chi connectivity index (χ4n) is 2.47. The average Bonchev–Trinajstić information content (AvgIpc) is 2.69. The van der Waals surface area contributed by atoms with Crippen molar-refractivity contribution in [1.29, 1.82) is 0 Å². The Bertz CT molecular complexity index is 702. The SMILES string of the molecule is NCCCCC(N)C(=O)NC(CC(N)=O)C(=O)NC(CC(N)=O)C(=O)NC(CO)C(=O)O. The summed E-state index contributed by atoms with van der Waals surface area (Å²) >= 11 is 0. The normalized spacial score (nSPS) is 14.3. The first-order valence-corrected chi connectivity index (χ1v) is 9.69. The number of rotatable bonds is 16. The average molecular weight is 461 g/mol. The van der Waals surface area contributed by atoms with E-state index in [2.05, 4.69) is 10.6 Å². The molecule has 4 unspecified atom stereocenters. The third kappa shape index (κ3) is 11.2. The maximum Gasteiger partial charge on any atom is 0.328 e. The van der Waals surface area contributed by atoms with Crippen molar-refractivity contribution in [2.75, 3.05) is 13.2 Å². The molecule has 5 amide bonds. The van der Waals surface area contributed by atoms with Crippen LogP contribution >= 0.6 is 0 Å². The second-order valence-electron chi connectivity index (χ2n) is 6.94. The highest BCUT2D eigenvalue weighted by atomic mass is 16.4. The summed E-state index contributed by atoms with van der Waals surface area (Å²) in [6.07, 6.45) is 0.0610. The molecule has 0 aliphatic heterocycles. The number of aliphatic carboxylic acids is 1. The van der Waals surface area contributed by atoms with Gasteiger partial charge in [-0.15, -0.1) is 0 Å². The zero-order valence-corrected chi connectivity index (χ0v) is 17.4. The molecule has 0 heterocycles. The summed E-state index contributed by atoms with van der Waals surface area (Å²) in [6, 6.07) is -5.89. The van der Waals surface area contributed by atoms with E-state index >= 15 is 0 Å². The van der Waals surface area contributed by atoms with Gasteiger partial charge in [0.25, 0.3) is 0 Å². The van der Waals surface area contributed by atoms with Crippen molar-refractivity contribution in [1.82, 2.24) is 16.0 Å². The molecule has 0 aromatic heterocycles. The van der Waals surface area contributed by atoms with E-state index in [1.165, 1.54) is 0 Å². The van der Waals surface area contributed by atoms with Crippen molar-refractivity contribution in [3.8, 4) is 0 Å². The van der Waals surface area contributed by atoms with Crippen LogP contribution in [0.3, 0.4) is 0 Å². The molecule has 0 rings (SSSR count). The quantitative estimate of drug-likeness (QED) is 0.0983. The fraction of sp³-hybridized carbons (Fsp3) is 0.647. The third-order valence-corrected chi connectivity index (χ3v) is 4.18. The van der Waals surface area contributed by atoms with E-state index in [4.69, 9.17) is 33.1 Å². The first-order valence-electron chi connectivity index (χ1n) is 9.69. The molecule has 0 aliphatic rings. The number of carboxylic acid groups (broad SMARTS) is 1. The number of carboxylic acids is 1. The Balaban J connectivity index is 5.37. The summed E-state index contributed by atoms with van der Waals surface area (Å²) in [4.78, 5) is 70.7. The van der Waals surface area contributed by atoms with Crippen LogP contribution in [0.2, 0.25) is 0 Å². The van der Waals surface area contributed by atoms with Gasteiger partial charge in [-0.05, 0) is 19.4 Å². The summed E-state index contributed by atoms with van der Waals surface area (Å²) in [5.41, 5.74) is 21.3. The highest BCUT2D eigenvalue weighted by Gasteiger charge is 2.31. The first-order chi connectivity index (χ1) is 14.9. The number of carbonyl (C=O) groups excluding carboxylic acids is 5. The second-order valence-corrected chi connectivity index (χ2v) is 6.94. The number of hydrogen-bond donors (Lipinski definition) is 9. The number of aliphatic hydroxyl groups excluding tert-OH is 1. The zero-order valence-electron chi connectivity index (χ0n) is 17.4. The van der Waals surface area contributed by atoms with Crippen LogP contribution in [0.25, 0.3) is 0 Å². The Morgan fingerprint density at radius 2 is 1.19 bits per heavy atom. The van der Waals surface area contributed by atoms with Crippen LogP contribution in [0.4, 0.5) is 0 Å². The number of aliphatic hydroxyl groups is 1. The van der Waals surface area contributed by atoms with E-state index in [0.29, 0.717) is 19.4 Å². The Kier molecular flexibility index (Phi) is 13.1. The van der Waals surface area contributed by atoms with Gasteiger partial charge in [-0.2, -0.15) is 0 Å². The number of primary amides is 2. The number of unbranched alkanes of at least 4 members (excludes halogenated alkanes) is 1. The lowest BCUT2D eigenvalue weighted by Crippen LogP contribution is -2.58. The van der Waals surface area contributed by atoms with Crippen LogP contribution < -0.4 is 38.9 Å². The van der Waals surface area contributed by atoms with Gasteiger partial charge in [0.05, 0.1) is 25.5 Å². The first kappa shape index (κ1) is 28.7. The van der Waals surface area contributed by atoms with Gasteiger partial charge in [0.2, 0.25) is 29.5 Å². The van der Waals surface area contributed by atoms with Gasteiger partial charge in [-0.25, -0.2) is 4.79 Å². The van der Waals surface area contributed by atoms with Crippen molar-refractivity contribution < 1.29 is 39.0 Å². The van der Waals surface area contributed by atoms with Crippen molar-refractivity contribution in [2.24, 2.45) is 22.9 Å². The monoisotopic (exact) mass is 461 g/mol. The molecule has 0 bridgehead atoms. The number of carbonyl (C=O) groups is 6. The van der Waals surface area contributed by atoms with E-state index in [9.17, 15) is 28.8 Å². The van der Waals surface area contributed by atoms with E-state index in [-0.39, 0.29) is 6.42 Å². The van der Waals surface area contributed by atoms with Gasteiger partial charge in [-0.3, -0.25) is 24.0 Å². The number of nitrogens with one attached hydrogen (secondary N) is 3. The smallest absolute Gasteiger partial charge is 0.328 e. The largest absolute Gasteiger partial charge is 0.480 e. The van der Waals surface area contributed by atoms with Gasteiger partial charge >= 0.3 is 5.97 Å². The van der Waals surface area contributed by atoms with Gasteiger partial charge in [0.1, 0.15) is 18.1 Å². The maximum atomic E-state index is 12.6. The van der Waals surface area contributed by atoms with Gasteiger partial charge < -0.3 is 49.1 Å². The minimum absolute atomic E-state index is 0.262. The van der Waals surface area contributed by atoms with Crippen molar-refractivity contribution in [3.05, 3.63) is 0 Å². The topological polar surface area (TPSA) is 283 Å². The Morgan fingerprint density at radius 1 is 0.750 bits per heavy atom. The Hall–Kier alpha value is -3.30. The molecule has 0 spiro atoms. The lowest BCUT2D eigenvalue weighted by molar-refractivity contribution is -0.143. The van der Waals surface area contributed by atoms with Crippen LogP contribution in [-0.4, -0.2) is 83.0 Å². The Morgan fingerprint density at radius 3 is 1.56 bits per heavy atom. The van der Waals surface area contributed by atoms with Crippen molar-refractivity contribution >= 4 is 35.5 Å². The van der Waals surface area contributed by atoms with Crippen LogP contribution in [0, 0.1) is 0 Å². The molecule has 0 aromatic rings. The predicted octanol–water partition coefficient (Wildman–Crippen LogP) is -5.28. The molecule has 0 fully saturated rings. The Labute approximate surface area is 183 Å². The molecule has 13 N–H and O–H groups in total. The van der Waals surface area contributed by atoms with Gasteiger partial charge in [-0.1, -0.05) is 6.42 Å². The van der Waals surface area contributed by atoms with Crippen molar-refractivity contribution in [2.45, 2.75) is 56.3 Å². The minimum Gasteiger partial charge on any atom is -0.480 e. The van der Waals surface area contributed by atoms with Crippen LogP contribution in [0.15, 0.2) is 0 Å². The maximum absolute atomic E-state index is 12.6. The molecule has 15 nitrogen and oxygen atoms in total. The molecule has 0 aliphatic carbocycles. The molecule has 32 heavy (non-hydrogen) atoms. The molecule has 0 aromatic carbocycles. The van der Waals surface area contributed by atoms with E-state index in [0.717, 1.165) is 0 Å². The highest BCUT2D eigenvalue weighted by Crippen LogP contribution is 2.02. The van der Waals surface area contributed by atoms with Gasteiger partial charge in [0.15, 0.2) is 0 Å². The number of amides is 5. The van der Waals surface area contributed by atoms with Crippen LogP contribution in [0.1, 0.15) is 32.1 Å². The molecule has 4 atom stereocenters. The standard InChI is InChI=1S/C17H31N7O8/c18-4-2-1-3-8(19)14(28)22-9(5-12(20)26)15(29)23-10(6-13(21)27)16(30)24-11(7-25)17(31)32/h8-11,25H,1-7,18-19H2,(H2,20,26)(H2,21,27)(H,22,28)(H,23,29)(H,24,30)(H,31,32). The minimum atomic E-state index is -1.71. The zero-order chi connectivity index (χ0) is 24.8. The molecule has 0 saturated heterocycles. The summed E-state index contributed by atoms with van der Waals surface area (Å²) in [6.45, 7) is -0.551. The van der Waals surface area contributed by atoms with E-state index < -0.39 is 79.1 Å². The summed E-state index contributed by atoms with van der Waals surface area (Å²) in [7, 11) is 0. The molecule has 182 valence electrons. The third-order valence-electron chi connectivity index (χ3n) is 4.18. The lowest BCUT2D eigenvalue weighted by Gasteiger charge is -2.24. The molecular formula is C17H31N7O8. The molecule has 0 saturated carbocycles. The fourth-order valence-corrected chi connectivity index (χ4v) is 2.47. The molecule has 0 radical (unpaired) electrons. The van der Waals surface area contributed by atoms with E-state index in [1.807, 2.05) is 5.32 Å². The summed E-state index contributed by atoms with van der Waals surface area (Å²) in [5, 5.41) is 24.2. The van der Waals surface area contributed by atoms with Crippen LogP contribution in [-0.2, 0) is 28.8 Å². The van der Waals surface area contributed by atoms with E-state index in [1.54, 1.807) is 0 Å². The number of hydrogen-bond acceptors (Lipinski definition) is 9. The van der Waals surface area contributed by atoms with Crippen LogP contribution in [0.5, 0.6) is 0 Å². The second kappa shape index (κ2) is 14.7. The summed E-state index contributed by atoms with van der Waals surface area (Å²) < 4.78 is 0. The van der Waals surface area contributed by atoms with Gasteiger partial charge in [0, 0.05) is 0 Å². The lowest BCUT2D eigenvalue weighted by atomic mass is 10.1. The molecular weight excluding hydrogens is 430 g/mol.